The second-order valence-electron chi connectivity index (χ2n) is 9.78. The van der Waals surface area contributed by atoms with E-state index in [1.165, 1.54) is 44.1 Å². The minimum Gasteiger partial charge on any atom is -0.660 e. The largest absolute Gasteiger partial charge is 0.660 e. The molecule has 7 atom stereocenters. The minimum atomic E-state index is 0.0846. The lowest BCUT2D eigenvalue weighted by Gasteiger charge is -2.69. The molecule has 138 valence electrons. The highest BCUT2D eigenvalue weighted by Gasteiger charge is 2.54. The first kappa shape index (κ1) is 18.5. The highest BCUT2D eigenvalue weighted by Crippen LogP contribution is 2.63. The molecule has 3 fully saturated rings. The second-order valence-corrected chi connectivity index (χ2v) is 9.78. The van der Waals surface area contributed by atoms with Crippen LogP contribution in [0.2, 0.25) is 0 Å². The summed E-state index contributed by atoms with van der Waals surface area (Å²) >= 11 is 0. The summed E-state index contributed by atoms with van der Waals surface area (Å²) in [6, 6.07) is 0. The molecule has 0 aliphatic heterocycles. The van der Waals surface area contributed by atoms with Gasteiger partial charge in [0, 0.05) is 0 Å². The zero-order chi connectivity index (χ0) is 17.7. The standard InChI is InChI=1S/C22H38N2/c1-14-10-11-22(24-7)16(3)8-9-18-15(2)12-17(19(14)20(18)22)13-21(4,5)23-6/h15-20H,1,8-13H2,2-7H3/q-2/t15-,16-,17-,18+,19-,20-,22-/m0/s1. The molecule has 0 aromatic heterocycles. The Morgan fingerprint density at radius 2 is 1.92 bits per heavy atom. The fourth-order valence-corrected chi connectivity index (χ4v) is 6.83. The summed E-state index contributed by atoms with van der Waals surface area (Å²) in [5.74, 6) is 4.54. The highest BCUT2D eigenvalue weighted by molar-refractivity contribution is 5.27. The van der Waals surface area contributed by atoms with E-state index >= 15 is 0 Å². The van der Waals surface area contributed by atoms with Crippen molar-refractivity contribution >= 4 is 0 Å². The van der Waals surface area contributed by atoms with E-state index in [1.807, 2.05) is 7.05 Å². The summed E-state index contributed by atoms with van der Waals surface area (Å²) in [6.07, 6.45) is 7.75. The lowest BCUT2D eigenvalue weighted by Crippen LogP contribution is -2.60. The summed E-state index contributed by atoms with van der Waals surface area (Å²) in [4.78, 5) is 0. The van der Waals surface area contributed by atoms with E-state index < -0.39 is 0 Å². The quantitative estimate of drug-likeness (QED) is 0.550. The van der Waals surface area contributed by atoms with Gasteiger partial charge in [-0.1, -0.05) is 65.0 Å². The lowest BCUT2D eigenvalue weighted by atomic mass is 9.44. The van der Waals surface area contributed by atoms with Gasteiger partial charge >= 0.3 is 0 Å². The molecule has 0 aromatic carbocycles. The molecular weight excluding hydrogens is 292 g/mol. The maximum absolute atomic E-state index is 5.12. The molecule has 2 nitrogen and oxygen atoms in total. The van der Waals surface area contributed by atoms with Gasteiger partial charge in [0.25, 0.3) is 0 Å². The van der Waals surface area contributed by atoms with Crippen LogP contribution in [0, 0.1) is 35.5 Å². The molecule has 0 spiro atoms. The Bertz CT molecular complexity index is 482. The van der Waals surface area contributed by atoms with E-state index in [0.717, 1.165) is 29.6 Å². The van der Waals surface area contributed by atoms with Gasteiger partial charge in [0.2, 0.25) is 0 Å². The van der Waals surface area contributed by atoms with Crippen LogP contribution >= 0.6 is 0 Å². The van der Waals surface area contributed by atoms with Crippen LogP contribution in [0.1, 0.15) is 66.2 Å². The van der Waals surface area contributed by atoms with Gasteiger partial charge in [0.1, 0.15) is 0 Å². The first-order chi connectivity index (χ1) is 11.3. The van der Waals surface area contributed by atoms with E-state index in [-0.39, 0.29) is 11.1 Å². The Morgan fingerprint density at radius 1 is 1.21 bits per heavy atom. The summed E-state index contributed by atoms with van der Waals surface area (Å²) in [5.41, 5.74) is 1.83. The third-order valence-corrected chi connectivity index (χ3v) is 8.23. The van der Waals surface area contributed by atoms with Crippen LogP contribution in [0.3, 0.4) is 0 Å². The van der Waals surface area contributed by atoms with Crippen LogP contribution in [0.5, 0.6) is 0 Å². The Labute approximate surface area is 150 Å². The van der Waals surface area contributed by atoms with Crippen LogP contribution < -0.4 is 0 Å². The molecule has 3 aliphatic rings. The molecule has 3 rings (SSSR count). The minimum absolute atomic E-state index is 0.0846. The van der Waals surface area contributed by atoms with Crippen molar-refractivity contribution in [2.75, 3.05) is 14.1 Å². The maximum atomic E-state index is 5.12. The zero-order valence-electron chi connectivity index (χ0n) is 16.8. The molecule has 3 saturated carbocycles. The smallest absolute Gasteiger partial charge is 0.0158 e. The molecule has 0 radical (unpaired) electrons. The van der Waals surface area contributed by atoms with Crippen LogP contribution in [-0.2, 0) is 0 Å². The van der Waals surface area contributed by atoms with E-state index in [2.05, 4.69) is 46.6 Å². The van der Waals surface area contributed by atoms with Gasteiger partial charge in [-0.15, -0.1) is 11.1 Å². The van der Waals surface area contributed by atoms with Crippen molar-refractivity contribution < 1.29 is 0 Å². The van der Waals surface area contributed by atoms with Crippen LogP contribution in [-0.4, -0.2) is 25.2 Å². The average molecular weight is 331 g/mol. The normalized spacial score (nSPS) is 45.8. The van der Waals surface area contributed by atoms with Crippen molar-refractivity contribution in [3.63, 3.8) is 0 Å². The molecule has 0 bridgehead atoms. The number of rotatable bonds is 4. The molecule has 0 amide bonds. The van der Waals surface area contributed by atoms with Gasteiger partial charge < -0.3 is 10.6 Å². The first-order valence-corrected chi connectivity index (χ1v) is 10.2. The third-order valence-electron chi connectivity index (χ3n) is 8.23. The monoisotopic (exact) mass is 330 g/mol. The lowest BCUT2D eigenvalue weighted by molar-refractivity contribution is -0.0568. The van der Waals surface area contributed by atoms with Crippen LogP contribution in [0.25, 0.3) is 10.6 Å². The molecule has 3 aliphatic carbocycles. The molecule has 0 N–H and O–H groups in total. The molecule has 0 aromatic rings. The predicted molar refractivity (Wildman–Crippen MR) is 105 cm³/mol. The van der Waals surface area contributed by atoms with Gasteiger partial charge in [-0.25, -0.2) is 0 Å². The number of nitrogens with zero attached hydrogens (tertiary/aromatic N) is 2. The summed E-state index contributed by atoms with van der Waals surface area (Å²) in [5, 5.41) is 9.79. The number of allylic oxidation sites excluding steroid dienone is 1. The van der Waals surface area contributed by atoms with Gasteiger partial charge in [-0.3, -0.25) is 0 Å². The van der Waals surface area contributed by atoms with E-state index in [9.17, 15) is 0 Å². The third kappa shape index (κ3) is 2.78. The van der Waals surface area contributed by atoms with Crippen molar-refractivity contribution in [2.45, 2.75) is 77.3 Å². The Balaban J connectivity index is 1.99. The fraction of sp³-hybridized carbons (Fsp3) is 0.909. The van der Waals surface area contributed by atoms with Crippen molar-refractivity contribution in [1.82, 2.24) is 0 Å². The molecular formula is C22H38N2-2. The van der Waals surface area contributed by atoms with Gasteiger partial charge in [0.05, 0.1) is 0 Å². The first-order valence-electron chi connectivity index (χ1n) is 10.2. The molecule has 2 heteroatoms. The summed E-state index contributed by atoms with van der Waals surface area (Å²) in [7, 11) is 4.09. The van der Waals surface area contributed by atoms with Crippen molar-refractivity contribution in [3.8, 4) is 0 Å². The van der Waals surface area contributed by atoms with Gasteiger partial charge in [-0.05, 0) is 48.9 Å². The highest BCUT2D eigenvalue weighted by atomic mass is 15.0. The van der Waals surface area contributed by atoms with Crippen molar-refractivity contribution in [3.05, 3.63) is 22.8 Å². The molecule has 0 heterocycles. The van der Waals surface area contributed by atoms with Gasteiger partial charge in [0.15, 0.2) is 0 Å². The van der Waals surface area contributed by atoms with Crippen molar-refractivity contribution in [1.29, 1.82) is 0 Å². The maximum Gasteiger partial charge on any atom is -0.0158 e. The molecule has 24 heavy (non-hydrogen) atoms. The zero-order valence-corrected chi connectivity index (χ0v) is 16.8. The molecule has 0 saturated heterocycles. The van der Waals surface area contributed by atoms with Crippen LogP contribution in [0.4, 0.5) is 0 Å². The number of hydrogen-bond acceptors (Lipinski definition) is 0. The Morgan fingerprint density at radius 3 is 2.54 bits per heavy atom. The second kappa shape index (κ2) is 6.43. The van der Waals surface area contributed by atoms with Crippen LogP contribution in [0.15, 0.2) is 12.2 Å². The van der Waals surface area contributed by atoms with Gasteiger partial charge in [-0.2, -0.15) is 14.1 Å². The topological polar surface area (TPSA) is 28.2 Å². The predicted octanol–water partition coefficient (Wildman–Crippen LogP) is 6.19. The Hall–Kier alpha value is -0.340. The summed E-state index contributed by atoms with van der Waals surface area (Å²) in [6.45, 7) is 14.2. The fourth-order valence-electron chi connectivity index (χ4n) is 6.83. The van der Waals surface area contributed by atoms with Crippen molar-refractivity contribution in [2.24, 2.45) is 35.5 Å². The Kier molecular flexibility index (Phi) is 4.94. The SMILES string of the molecule is C=C1CC[C@@]2([N-]C)[C@H]3[C@H](CC[C@@H]2C)[C@@H](C)C[C@@H](CC(C)(C)[N-]C)[C@H]13. The average Bonchev–Trinajstić information content (AvgIpc) is 2.54. The molecule has 0 unspecified atom stereocenters. The summed E-state index contributed by atoms with van der Waals surface area (Å²) < 4.78 is 0. The van der Waals surface area contributed by atoms with E-state index in [4.69, 9.17) is 5.32 Å². The van der Waals surface area contributed by atoms with E-state index in [1.54, 1.807) is 0 Å². The number of hydrogen-bond donors (Lipinski definition) is 0. The van der Waals surface area contributed by atoms with E-state index in [0.29, 0.717) is 5.92 Å².